The van der Waals surface area contributed by atoms with E-state index in [1.807, 2.05) is 0 Å². The molecule has 0 spiro atoms. The third-order valence-corrected chi connectivity index (χ3v) is 2.66. The van der Waals surface area contributed by atoms with E-state index in [1.54, 1.807) is 33.4 Å². The van der Waals surface area contributed by atoms with Gasteiger partial charge in [0.15, 0.2) is 0 Å². The average Bonchev–Trinajstić information content (AvgIpc) is 2.28. The average molecular weight is 260 g/mol. The summed E-state index contributed by atoms with van der Waals surface area (Å²) in [6.45, 7) is 0.821. The molecule has 2 N–H and O–H groups in total. The number of methoxy groups -OCH3 is 2. The van der Waals surface area contributed by atoms with E-state index in [0.717, 1.165) is 5.56 Å². The summed E-state index contributed by atoms with van der Waals surface area (Å²) >= 11 is 5.99. The van der Waals surface area contributed by atoms with Gasteiger partial charge in [-0.3, -0.25) is 0 Å². The summed E-state index contributed by atoms with van der Waals surface area (Å²) in [6, 6.07) is 3.47. The summed E-state index contributed by atoms with van der Waals surface area (Å²) in [4.78, 5) is 0. The molecule has 1 atom stereocenters. The second-order valence-electron chi connectivity index (χ2n) is 3.69. The van der Waals surface area contributed by atoms with Gasteiger partial charge in [0, 0.05) is 24.2 Å². The lowest BCUT2D eigenvalue weighted by atomic mass is 10.0. The molecule has 1 rings (SSSR count). The first-order chi connectivity index (χ1) is 8.13. The predicted molar refractivity (Wildman–Crippen MR) is 67.6 cm³/mol. The van der Waals surface area contributed by atoms with Gasteiger partial charge in [0.2, 0.25) is 0 Å². The predicted octanol–water partition coefficient (Wildman–Crippen LogP) is 1.75. The van der Waals surface area contributed by atoms with Crippen molar-refractivity contribution in [2.75, 3.05) is 27.8 Å². The van der Waals surface area contributed by atoms with Crippen LogP contribution in [0.2, 0.25) is 5.02 Å². The maximum Gasteiger partial charge on any atom is 0.126 e. The van der Waals surface area contributed by atoms with Crippen LogP contribution in [0.5, 0.6) is 5.75 Å². The summed E-state index contributed by atoms with van der Waals surface area (Å²) in [7, 11) is 4.93. The SMILES string of the molecule is CNCC(O)c1c(COC)cc(Cl)cc1OC. The first kappa shape index (κ1) is 14.3. The van der Waals surface area contributed by atoms with Gasteiger partial charge in [-0.15, -0.1) is 0 Å². The van der Waals surface area contributed by atoms with Crippen molar-refractivity contribution in [1.82, 2.24) is 5.32 Å². The lowest BCUT2D eigenvalue weighted by Crippen LogP contribution is -2.19. The van der Waals surface area contributed by atoms with Crippen molar-refractivity contribution in [2.45, 2.75) is 12.7 Å². The van der Waals surface area contributed by atoms with Crippen LogP contribution in [0.1, 0.15) is 17.2 Å². The van der Waals surface area contributed by atoms with Crippen molar-refractivity contribution in [3.8, 4) is 5.75 Å². The molecule has 0 radical (unpaired) electrons. The molecule has 0 aliphatic carbocycles. The highest BCUT2D eigenvalue weighted by Crippen LogP contribution is 2.32. The van der Waals surface area contributed by atoms with Crippen LogP contribution in [0.25, 0.3) is 0 Å². The lowest BCUT2D eigenvalue weighted by molar-refractivity contribution is 0.158. The maximum absolute atomic E-state index is 10.1. The number of hydrogen-bond acceptors (Lipinski definition) is 4. The van der Waals surface area contributed by atoms with E-state index in [9.17, 15) is 5.11 Å². The van der Waals surface area contributed by atoms with E-state index in [2.05, 4.69) is 5.32 Å². The van der Waals surface area contributed by atoms with Gasteiger partial charge in [-0.05, 0) is 24.7 Å². The van der Waals surface area contributed by atoms with Crippen LogP contribution >= 0.6 is 11.6 Å². The molecule has 0 saturated heterocycles. The number of ether oxygens (including phenoxy) is 2. The number of likely N-dealkylation sites (N-methyl/N-ethyl adjacent to an activating group) is 1. The van der Waals surface area contributed by atoms with Gasteiger partial charge >= 0.3 is 0 Å². The molecular formula is C12H18ClNO3. The smallest absolute Gasteiger partial charge is 0.126 e. The van der Waals surface area contributed by atoms with Crippen LogP contribution in [0, 0.1) is 0 Å². The Labute approximate surface area is 106 Å². The Morgan fingerprint density at radius 2 is 2.12 bits per heavy atom. The first-order valence-corrected chi connectivity index (χ1v) is 5.69. The molecule has 96 valence electrons. The molecular weight excluding hydrogens is 242 g/mol. The standard InChI is InChI=1S/C12H18ClNO3/c1-14-6-10(15)12-8(7-16-2)4-9(13)5-11(12)17-3/h4-5,10,14-15H,6-7H2,1-3H3. The molecule has 0 saturated carbocycles. The Morgan fingerprint density at radius 3 is 2.65 bits per heavy atom. The number of aliphatic hydroxyl groups is 1. The van der Waals surface area contributed by atoms with Gasteiger partial charge in [0.25, 0.3) is 0 Å². The van der Waals surface area contributed by atoms with E-state index in [-0.39, 0.29) is 0 Å². The number of nitrogens with one attached hydrogen (secondary N) is 1. The van der Waals surface area contributed by atoms with Crippen LogP contribution in [-0.4, -0.2) is 32.9 Å². The molecule has 0 heterocycles. The Balaban J connectivity index is 3.20. The molecule has 17 heavy (non-hydrogen) atoms. The molecule has 0 amide bonds. The minimum Gasteiger partial charge on any atom is -0.496 e. The number of hydrogen-bond donors (Lipinski definition) is 2. The Morgan fingerprint density at radius 1 is 1.41 bits per heavy atom. The molecule has 0 aromatic heterocycles. The highest BCUT2D eigenvalue weighted by Gasteiger charge is 2.18. The van der Waals surface area contributed by atoms with Gasteiger partial charge in [-0.25, -0.2) is 0 Å². The third kappa shape index (κ3) is 3.57. The monoisotopic (exact) mass is 259 g/mol. The Hall–Kier alpha value is -0.810. The van der Waals surface area contributed by atoms with Crippen molar-refractivity contribution in [3.63, 3.8) is 0 Å². The molecule has 0 bridgehead atoms. The normalized spacial score (nSPS) is 12.5. The zero-order chi connectivity index (χ0) is 12.8. The fourth-order valence-electron chi connectivity index (χ4n) is 1.76. The summed E-state index contributed by atoms with van der Waals surface area (Å²) in [5, 5.41) is 13.6. The molecule has 1 aromatic rings. The number of aliphatic hydroxyl groups excluding tert-OH is 1. The van der Waals surface area contributed by atoms with Crippen LogP contribution < -0.4 is 10.1 Å². The number of halogens is 1. The summed E-state index contributed by atoms with van der Waals surface area (Å²) < 4.78 is 10.4. The Kier molecular flexibility index (Phi) is 5.71. The highest BCUT2D eigenvalue weighted by molar-refractivity contribution is 6.30. The van der Waals surface area contributed by atoms with Crippen molar-refractivity contribution in [1.29, 1.82) is 0 Å². The number of rotatable bonds is 6. The second kappa shape index (κ2) is 6.81. The third-order valence-electron chi connectivity index (χ3n) is 2.44. The molecule has 1 aromatic carbocycles. The van der Waals surface area contributed by atoms with Gasteiger partial charge in [0.1, 0.15) is 5.75 Å². The van der Waals surface area contributed by atoms with Crippen molar-refractivity contribution >= 4 is 11.6 Å². The van der Waals surface area contributed by atoms with Crippen LogP contribution in [0.15, 0.2) is 12.1 Å². The van der Waals surface area contributed by atoms with Crippen molar-refractivity contribution < 1.29 is 14.6 Å². The van der Waals surface area contributed by atoms with Crippen LogP contribution in [0.3, 0.4) is 0 Å². The quantitative estimate of drug-likeness (QED) is 0.817. The van der Waals surface area contributed by atoms with Gasteiger partial charge in [-0.1, -0.05) is 11.6 Å². The maximum atomic E-state index is 10.1. The van der Waals surface area contributed by atoms with Crippen molar-refractivity contribution in [3.05, 3.63) is 28.3 Å². The largest absolute Gasteiger partial charge is 0.496 e. The molecule has 0 fully saturated rings. The molecule has 0 aliphatic rings. The zero-order valence-corrected chi connectivity index (χ0v) is 11.0. The fourth-order valence-corrected chi connectivity index (χ4v) is 2.00. The second-order valence-corrected chi connectivity index (χ2v) is 4.12. The van der Waals surface area contributed by atoms with E-state index < -0.39 is 6.10 Å². The van der Waals surface area contributed by atoms with Gasteiger partial charge in [0.05, 0.1) is 19.8 Å². The van der Waals surface area contributed by atoms with E-state index in [0.29, 0.717) is 29.5 Å². The van der Waals surface area contributed by atoms with Gasteiger partial charge in [-0.2, -0.15) is 0 Å². The minimum absolute atomic E-state index is 0.382. The topological polar surface area (TPSA) is 50.7 Å². The molecule has 5 heteroatoms. The molecule has 4 nitrogen and oxygen atoms in total. The van der Waals surface area contributed by atoms with Crippen LogP contribution in [0.4, 0.5) is 0 Å². The lowest BCUT2D eigenvalue weighted by Gasteiger charge is -2.19. The molecule has 1 unspecified atom stereocenters. The number of benzene rings is 1. The first-order valence-electron chi connectivity index (χ1n) is 5.32. The van der Waals surface area contributed by atoms with Crippen LogP contribution in [-0.2, 0) is 11.3 Å². The summed E-state index contributed by atoms with van der Waals surface area (Å²) in [6.07, 6.45) is -0.655. The van der Waals surface area contributed by atoms with E-state index in [1.165, 1.54) is 0 Å². The highest BCUT2D eigenvalue weighted by atomic mass is 35.5. The van der Waals surface area contributed by atoms with Crippen molar-refractivity contribution in [2.24, 2.45) is 0 Å². The van der Waals surface area contributed by atoms with E-state index >= 15 is 0 Å². The fraction of sp³-hybridized carbons (Fsp3) is 0.500. The van der Waals surface area contributed by atoms with E-state index in [4.69, 9.17) is 21.1 Å². The minimum atomic E-state index is -0.655. The summed E-state index contributed by atoms with van der Waals surface area (Å²) in [5.74, 6) is 0.576. The molecule has 0 aliphatic heterocycles. The van der Waals surface area contributed by atoms with Gasteiger partial charge < -0.3 is 19.9 Å². The Bertz CT molecular complexity index is 371. The summed E-state index contributed by atoms with van der Waals surface area (Å²) in [5.41, 5.74) is 1.55. The zero-order valence-electron chi connectivity index (χ0n) is 10.3.